The van der Waals surface area contributed by atoms with Crippen molar-refractivity contribution in [2.45, 2.75) is 19.4 Å². The van der Waals surface area contributed by atoms with E-state index in [2.05, 4.69) is 5.32 Å². The zero-order valence-corrected chi connectivity index (χ0v) is 5.85. The molecule has 0 radical (unpaired) electrons. The van der Waals surface area contributed by atoms with Gasteiger partial charge in [0.15, 0.2) is 6.19 Å². The SMILES string of the molecule is COCCC(C)NC#N. The van der Waals surface area contributed by atoms with Crippen LogP contribution in [0.5, 0.6) is 0 Å². The second-order valence-electron chi connectivity index (χ2n) is 1.94. The van der Waals surface area contributed by atoms with Crippen molar-refractivity contribution >= 4 is 0 Å². The second kappa shape index (κ2) is 5.39. The van der Waals surface area contributed by atoms with E-state index < -0.39 is 0 Å². The normalized spacial score (nSPS) is 12.1. The first kappa shape index (κ1) is 8.25. The van der Waals surface area contributed by atoms with E-state index >= 15 is 0 Å². The maximum absolute atomic E-state index is 8.13. The number of hydrogen-bond acceptors (Lipinski definition) is 3. The van der Waals surface area contributed by atoms with E-state index in [0.717, 1.165) is 6.42 Å². The fourth-order valence-corrected chi connectivity index (χ4v) is 0.477. The second-order valence-corrected chi connectivity index (χ2v) is 1.94. The summed E-state index contributed by atoms with van der Waals surface area (Å²) in [5, 5.41) is 10.7. The number of nitrogens with one attached hydrogen (secondary N) is 1. The standard InChI is InChI=1S/C6H12N2O/c1-6(8-5-7)3-4-9-2/h6,8H,3-4H2,1-2H3. The Balaban J connectivity index is 3.08. The third-order valence-corrected chi connectivity index (χ3v) is 1.07. The molecule has 0 aliphatic rings. The summed E-state index contributed by atoms with van der Waals surface area (Å²) in [7, 11) is 1.65. The van der Waals surface area contributed by atoms with E-state index in [4.69, 9.17) is 10.00 Å². The highest BCUT2D eigenvalue weighted by molar-refractivity contribution is 4.71. The third-order valence-electron chi connectivity index (χ3n) is 1.07. The molecule has 0 saturated heterocycles. The van der Waals surface area contributed by atoms with Crippen molar-refractivity contribution in [3.63, 3.8) is 0 Å². The van der Waals surface area contributed by atoms with E-state index in [1.807, 2.05) is 13.1 Å². The van der Waals surface area contributed by atoms with Crippen molar-refractivity contribution < 1.29 is 4.74 Å². The minimum Gasteiger partial charge on any atom is -0.385 e. The molecule has 0 fully saturated rings. The average molecular weight is 128 g/mol. The maximum Gasteiger partial charge on any atom is 0.176 e. The Bertz CT molecular complexity index is 97.7. The fourth-order valence-electron chi connectivity index (χ4n) is 0.477. The summed E-state index contributed by atoms with van der Waals surface area (Å²) in [6, 6.07) is 0.231. The molecule has 3 nitrogen and oxygen atoms in total. The quantitative estimate of drug-likeness (QED) is 0.442. The molecule has 0 heterocycles. The van der Waals surface area contributed by atoms with Crippen LogP contribution in [0.25, 0.3) is 0 Å². The first-order valence-electron chi connectivity index (χ1n) is 2.94. The predicted molar refractivity (Wildman–Crippen MR) is 34.7 cm³/mol. The van der Waals surface area contributed by atoms with E-state index in [1.165, 1.54) is 0 Å². The lowest BCUT2D eigenvalue weighted by Crippen LogP contribution is -2.21. The van der Waals surface area contributed by atoms with E-state index in [1.54, 1.807) is 7.11 Å². The Hall–Kier alpha value is -0.750. The van der Waals surface area contributed by atoms with Gasteiger partial charge in [-0.3, -0.25) is 0 Å². The molecule has 0 aromatic rings. The van der Waals surface area contributed by atoms with Crippen LogP contribution in [0.15, 0.2) is 0 Å². The van der Waals surface area contributed by atoms with Crippen molar-refractivity contribution in [1.82, 2.24) is 5.32 Å². The molecule has 0 aliphatic carbocycles. The number of nitrogens with zero attached hydrogens (tertiary/aromatic N) is 1. The molecule has 1 N–H and O–H groups in total. The van der Waals surface area contributed by atoms with Crippen molar-refractivity contribution in [3.8, 4) is 6.19 Å². The summed E-state index contributed by atoms with van der Waals surface area (Å²) >= 11 is 0. The molecule has 0 aromatic heterocycles. The Morgan fingerprint density at radius 3 is 2.89 bits per heavy atom. The van der Waals surface area contributed by atoms with Crippen LogP contribution in [0.2, 0.25) is 0 Å². The van der Waals surface area contributed by atoms with Gasteiger partial charge < -0.3 is 10.1 Å². The molecule has 9 heavy (non-hydrogen) atoms. The summed E-state index contributed by atoms with van der Waals surface area (Å²) < 4.78 is 4.81. The molecule has 0 amide bonds. The molecule has 1 unspecified atom stereocenters. The highest BCUT2D eigenvalue weighted by atomic mass is 16.5. The summed E-state index contributed by atoms with van der Waals surface area (Å²) in [6.45, 7) is 2.65. The predicted octanol–water partition coefficient (Wildman–Crippen LogP) is 0.482. The van der Waals surface area contributed by atoms with Crippen LogP contribution >= 0.6 is 0 Å². The Morgan fingerprint density at radius 2 is 2.44 bits per heavy atom. The van der Waals surface area contributed by atoms with Crippen molar-refractivity contribution in [2.24, 2.45) is 0 Å². The molecule has 0 saturated carbocycles. The van der Waals surface area contributed by atoms with Crippen LogP contribution in [0.3, 0.4) is 0 Å². The topological polar surface area (TPSA) is 45.0 Å². The fraction of sp³-hybridized carbons (Fsp3) is 0.833. The maximum atomic E-state index is 8.13. The van der Waals surface area contributed by atoms with Gasteiger partial charge in [-0.1, -0.05) is 0 Å². The van der Waals surface area contributed by atoms with Crippen LogP contribution in [0.1, 0.15) is 13.3 Å². The first-order chi connectivity index (χ1) is 4.31. The van der Waals surface area contributed by atoms with Crippen molar-refractivity contribution in [1.29, 1.82) is 5.26 Å². The minimum atomic E-state index is 0.231. The number of ether oxygens (including phenoxy) is 1. The lowest BCUT2D eigenvalue weighted by Gasteiger charge is -2.06. The molecule has 3 heteroatoms. The largest absolute Gasteiger partial charge is 0.385 e. The minimum absolute atomic E-state index is 0.231. The zero-order chi connectivity index (χ0) is 7.11. The smallest absolute Gasteiger partial charge is 0.176 e. The lowest BCUT2D eigenvalue weighted by atomic mass is 10.2. The molecule has 0 bridgehead atoms. The molecule has 0 aromatic carbocycles. The van der Waals surface area contributed by atoms with Crippen molar-refractivity contribution in [2.75, 3.05) is 13.7 Å². The average Bonchev–Trinajstić information content (AvgIpc) is 1.85. The van der Waals surface area contributed by atoms with Gasteiger partial charge in [0, 0.05) is 19.8 Å². The molecule has 52 valence electrons. The van der Waals surface area contributed by atoms with Gasteiger partial charge in [0.1, 0.15) is 0 Å². The summed E-state index contributed by atoms with van der Waals surface area (Å²) in [5.74, 6) is 0. The summed E-state index contributed by atoms with van der Waals surface area (Å²) in [6.07, 6.45) is 2.75. The van der Waals surface area contributed by atoms with Gasteiger partial charge in [-0.2, -0.15) is 5.26 Å². The van der Waals surface area contributed by atoms with Crippen molar-refractivity contribution in [3.05, 3.63) is 0 Å². The summed E-state index contributed by atoms with van der Waals surface area (Å²) in [4.78, 5) is 0. The van der Waals surface area contributed by atoms with E-state index in [0.29, 0.717) is 6.61 Å². The lowest BCUT2D eigenvalue weighted by molar-refractivity contribution is 0.187. The molecule has 0 aliphatic heterocycles. The number of hydrogen-bond donors (Lipinski definition) is 1. The highest BCUT2D eigenvalue weighted by Gasteiger charge is 1.96. The van der Waals surface area contributed by atoms with Gasteiger partial charge in [-0.05, 0) is 13.3 Å². The van der Waals surface area contributed by atoms with Crippen LogP contribution in [0.4, 0.5) is 0 Å². The molecule has 0 rings (SSSR count). The molecule has 0 spiro atoms. The van der Waals surface area contributed by atoms with Gasteiger partial charge in [0.2, 0.25) is 0 Å². The zero-order valence-electron chi connectivity index (χ0n) is 5.85. The number of methoxy groups -OCH3 is 1. The number of nitriles is 1. The Labute approximate surface area is 55.6 Å². The Kier molecular flexibility index (Phi) is 4.94. The monoisotopic (exact) mass is 128 g/mol. The van der Waals surface area contributed by atoms with Crippen LogP contribution in [0, 0.1) is 11.5 Å². The van der Waals surface area contributed by atoms with Gasteiger partial charge >= 0.3 is 0 Å². The van der Waals surface area contributed by atoms with Gasteiger partial charge in [0.25, 0.3) is 0 Å². The van der Waals surface area contributed by atoms with E-state index in [9.17, 15) is 0 Å². The highest BCUT2D eigenvalue weighted by Crippen LogP contribution is 1.87. The first-order valence-corrected chi connectivity index (χ1v) is 2.94. The van der Waals surface area contributed by atoms with Gasteiger partial charge in [-0.25, -0.2) is 0 Å². The third kappa shape index (κ3) is 5.12. The number of rotatable bonds is 4. The molecular formula is C6H12N2O. The van der Waals surface area contributed by atoms with Crippen LogP contribution in [-0.2, 0) is 4.74 Å². The van der Waals surface area contributed by atoms with Crippen LogP contribution < -0.4 is 5.32 Å². The molecule has 1 atom stereocenters. The summed E-state index contributed by atoms with van der Waals surface area (Å²) in [5.41, 5.74) is 0. The van der Waals surface area contributed by atoms with Gasteiger partial charge in [0.05, 0.1) is 0 Å². The van der Waals surface area contributed by atoms with E-state index in [-0.39, 0.29) is 6.04 Å². The van der Waals surface area contributed by atoms with Crippen LogP contribution in [-0.4, -0.2) is 19.8 Å². The molecular weight excluding hydrogens is 116 g/mol. The van der Waals surface area contributed by atoms with Gasteiger partial charge in [-0.15, -0.1) is 0 Å². The Morgan fingerprint density at radius 1 is 1.78 bits per heavy atom.